The number of ether oxygens (including phenoxy) is 1. The summed E-state index contributed by atoms with van der Waals surface area (Å²) in [6, 6.07) is 9.06. The lowest BCUT2D eigenvalue weighted by Crippen LogP contribution is -2.44. The van der Waals surface area contributed by atoms with Gasteiger partial charge in [-0.1, -0.05) is 39.0 Å². The first-order valence-electron chi connectivity index (χ1n) is 6.73. The number of hydrogen-bond donors (Lipinski definition) is 1. The molecule has 2 amide bonds. The molecule has 20 heavy (non-hydrogen) atoms. The van der Waals surface area contributed by atoms with E-state index in [9.17, 15) is 9.59 Å². The van der Waals surface area contributed by atoms with E-state index in [2.05, 4.69) is 11.4 Å². The summed E-state index contributed by atoms with van der Waals surface area (Å²) in [6.45, 7) is 5.98. The first kappa shape index (κ1) is 14.7. The first-order chi connectivity index (χ1) is 9.39. The molecule has 0 saturated heterocycles. The molecular weight excluding hydrogens is 254 g/mol. The fourth-order valence-corrected chi connectivity index (χ4v) is 3.28. The molecule has 0 aromatic heterocycles. The number of hydrogen-bond acceptors (Lipinski definition) is 3. The smallest absolute Gasteiger partial charge is 0.252 e. The Bertz CT molecular complexity index is 536. The van der Waals surface area contributed by atoms with E-state index in [4.69, 9.17) is 4.74 Å². The molecule has 0 fully saturated rings. The monoisotopic (exact) mass is 274 g/mol. The van der Waals surface area contributed by atoms with Crippen LogP contribution in [0.3, 0.4) is 0 Å². The summed E-state index contributed by atoms with van der Waals surface area (Å²) in [4.78, 5) is 24.0. The number of amides is 2. The van der Waals surface area contributed by atoms with Gasteiger partial charge in [0.25, 0.3) is 5.91 Å². The summed E-state index contributed by atoms with van der Waals surface area (Å²) in [6.07, 6.45) is 0. The van der Waals surface area contributed by atoms with Crippen molar-refractivity contribution in [1.82, 2.24) is 5.32 Å². The molecule has 0 bridgehead atoms. The third-order valence-electron chi connectivity index (χ3n) is 4.14. The Kier molecular flexibility index (Phi) is 3.95. The summed E-state index contributed by atoms with van der Waals surface area (Å²) >= 11 is 0. The number of carbonyl (C=O) groups excluding carboxylic acids is 2. The summed E-state index contributed by atoms with van der Waals surface area (Å²) in [7, 11) is 1.43. The molecule has 0 heterocycles. The van der Waals surface area contributed by atoms with Gasteiger partial charge in [0.15, 0.2) is 0 Å². The second-order valence-corrected chi connectivity index (χ2v) is 5.83. The number of nitrogens with one attached hydrogen (secondary N) is 1. The molecule has 1 radical (unpaired) electrons. The van der Waals surface area contributed by atoms with Gasteiger partial charge in [0.2, 0.25) is 5.91 Å². The molecule has 1 aromatic carbocycles. The normalized spacial score (nSPS) is 23.2. The summed E-state index contributed by atoms with van der Waals surface area (Å²) in [5.74, 6) is -0.886. The lowest BCUT2D eigenvalue weighted by atomic mass is 9.75. The van der Waals surface area contributed by atoms with Crippen molar-refractivity contribution in [1.29, 1.82) is 0 Å². The summed E-state index contributed by atoms with van der Waals surface area (Å²) < 4.78 is 4.74. The van der Waals surface area contributed by atoms with Crippen LogP contribution in [0.25, 0.3) is 0 Å². The Morgan fingerprint density at radius 1 is 1.45 bits per heavy atom. The molecule has 0 spiro atoms. The van der Waals surface area contributed by atoms with E-state index < -0.39 is 5.91 Å². The lowest BCUT2D eigenvalue weighted by molar-refractivity contribution is -0.135. The van der Waals surface area contributed by atoms with E-state index in [0.717, 1.165) is 11.1 Å². The Morgan fingerprint density at radius 2 is 2.15 bits per heavy atom. The SMILES string of the molecule is COCC(=O)NC(=O)C1C(C)c2[c]cccc2C1(C)C. The quantitative estimate of drug-likeness (QED) is 0.914. The molecule has 1 aliphatic carbocycles. The molecule has 2 rings (SSSR count). The summed E-state index contributed by atoms with van der Waals surface area (Å²) in [5, 5.41) is 2.43. The predicted molar refractivity (Wildman–Crippen MR) is 75.2 cm³/mol. The van der Waals surface area contributed by atoms with Crippen molar-refractivity contribution in [3.63, 3.8) is 0 Å². The molecule has 4 nitrogen and oxygen atoms in total. The highest BCUT2D eigenvalue weighted by atomic mass is 16.5. The van der Waals surface area contributed by atoms with Crippen molar-refractivity contribution in [3.8, 4) is 0 Å². The average Bonchev–Trinajstić information content (AvgIpc) is 2.58. The van der Waals surface area contributed by atoms with Crippen LogP contribution in [0.2, 0.25) is 0 Å². The molecule has 4 heteroatoms. The third-order valence-corrected chi connectivity index (χ3v) is 4.14. The van der Waals surface area contributed by atoms with Crippen molar-refractivity contribution in [3.05, 3.63) is 35.4 Å². The second-order valence-electron chi connectivity index (χ2n) is 5.83. The van der Waals surface area contributed by atoms with Gasteiger partial charge < -0.3 is 4.74 Å². The Labute approximate surface area is 119 Å². The first-order valence-corrected chi connectivity index (χ1v) is 6.73. The van der Waals surface area contributed by atoms with Crippen LogP contribution in [-0.4, -0.2) is 25.5 Å². The molecule has 0 aliphatic heterocycles. The highest BCUT2D eigenvalue weighted by Gasteiger charge is 2.48. The zero-order valence-electron chi connectivity index (χ0n) is 12.3. The van der Waals surface area contributed by atoms with Crippen LogP contribution in [0, 0.1) is 12.0 Å². The van der Waals surface area contributed by atoms with Gasteiger partial charge in [-0.3, -0.25) is 14.9 Å². The van der Waals surface area contributed by atoms with E-state index in [0.29, 0.717) is 0 Å². The van der Waals surface area contributed by atoms with Gasteiger partial charge in [-0.05, 0) is 23.1 Å². The van der Waals surface area contributed by atoms with Crippen LogP contribution in [0.15, 0.2) is 18.2 Å². The minimum atomic E-state index is -0.402. The molecule has 1 N–H and O–H groups in total. The summed E-state index contributed by atoms with van der Waals surface area (Å²) in [5.41, 5.74) is 1.88. The van der Waals surface area contributed by atoms with E-state index in [-0.39, 0.29) is 29.8 Å². The largest absolute Gasteiger partial charge is 0.375 e. The van der Waals surface area contributed by atoms with Crippen molar-refractivity contribution in [2.24, 2.45) is 5.92 Å². The van der Waals surface area contributed by atoms with Crippen molar-refractivity contribution in [2.45, 2.75) is 32.1 Å². The van der Waals surface area contributed by atoms with Crippen LogP contribution in [0.5, 0.6) is 0 Å². The number of imide groups is 1. The van der Waals surface area contributed by atoms with Gasteiger partial charge in [0, 0.05) is 12.5 Å². The van der Waals surface area contributed by atoms with E-state index in [1.165, 1.54) is 7.11 Å². The van der Waals surface area contributed by atoms with Gasteiger partial charge in [-0.25, -0.2) is 0 Å². The molecular formula is C16H20NO3. The van der Waals surface area contributed by atoms with Gasteiger partial charge in [-0.15, -0.1) is 0 Å². The number of benzene rings is 1. The lowest BCUT2D eigenvalue weighted by Gasteiger charge is -2.29. The van der Waals surface area contributed by atoms with E-state index in [1.807, 2.05) is 39.0 Å². The molecule has 0 saturated carbocycles. The molecule has 1 aromatic rings. The zero-order valence-corrected chi connectivity index (χ0v) is 12.3. The molecule has 1 aliphatic rings. The number of rotatable bonds is 3. The highest BCUT2D eigenvalue weighted by Crippen LogP contribution is 2.49. The molecule has 2 atom stereocenters. The van der Waals surface area contributed by atoms with Gasteiger partial charge in [0.1, 0.15) is 6.61 Å². The number of fused-ring (bicyclic) bond motifs is 1. The third kappa shape index (κ3) is 2.36. The van der Waals surface area contributed by atoms with Gasteiger partial charge >= 0.3 is 0 Å². The minimum absolute atomic E-state index is 0.0385. The van der Waals surface area contributed by atoms with Gasteiger partial charge in [0.05, 0.1) is 5.92 Å². The maximum absolute atomic E-state index is 12.4. The fourth-order valence-electron chi connectivity index (χ4n) is 3.28. The second kappa shape index (κ2) is 5.37. The van der Waals surface area contributed by atoms with E-state index in [1.54, 1.807) is 0 Å². The molecule has 107 valence electrons. The van der Waals surface area contributed by atoms with E-state index >= 15 is 0 Å². The maximum Gasteiger partial charge on any atom is 0.252 e. The van der Waals surface area contributed by atoms with Crippen LogP contribution < -0.4 is 5.32 Å². The standard InChI is InChI=1S/C16H20NO3/c1-10-11-7-5-6-8-12(11)16(2,3)14(10)15(19)17-13(18)9-20-4/h5-6,8,10,14H,9H2,1-4H3,(H,17,18,19). The van der Waals surface area contributed by atoms with Crippen molar-refractivity contribution in [2.75, 3.05) is 13.7 Å². The van der Waals surface area contributed by atoms with Crippen LogP contribution >= 0.6 is 0 Å². The average molecular weight is 274 g/mol. The molecule has 2 unspecified atom stereocenters. The zero-order chi connectivity index (χ0) is 14.9. The fraction of sp³-hybridized carbons (Fsp3) is 0.500. The number of carbonyl (C=O) groups is 2. The Morgan fingerprint density at radius 3 is 2.75 bits per heavy atom. The van der Waals surface area contributed by atoms with Crippen molar-refractivity contribution >= 4 is 11.8 Å². The Hall–Kier alpha value is -1.68. The highest BCUT2D eigenvalue weighted by molar-refractivity contribution is 5.98. The van der Waals surface area contributed by atoms with Crippen LogP contribution in [-0.2, 0) is 19.7 Å². The van der Waals surface area contributed by atoms with Crippen LogP contribution in [0.4, 0.5) is 0 Å². The minimum Gasteiger partial charge on any atom is -0.375 e. The number of methoxy groups -OCH3 is 1. The van der Waals surface area contributed by atoms with Crippen molar-refractivity contribution < 1.29 is 14.3 Å². The topological polar surface area (TPSA) is 55.4 Å². The predicted octanol–water partition coefficient (Wildman–Crippen LogP) is 1.79. The Balaban J connectivity index is 2.26. The van der Waals surface area contributed by atoms with Gasteiger partial charge in [-0.2, -0.15) is 0 Å². The van der Waals surface area contributed by atoms with Crippen LogP contribution in [0.1, 0.15) is 37.8 Å². The maximum atomic E-state index is 12.4.